The topological polar surface area (TPSA) is 140 Å². The van der Waals surface area contributed by atoms with Crippen LogP contribution in [0, 0.1) is 6.92 Å². The molecule has 0 bridgehead atoms. The zero-order valence-electron chi connectivity index (χ0n) is 18.2. The summed E-state index contributed by atoms with van der Waals surface area (Å²) in [5.74, 6) is -0.259. The SMILES string of the molecule is Cc1ccc(O)c(CNC(=O)c2nc(-c3ccc4ncccc4c3)c(-c3ncco3)nc2N)c1. The van der Waals surface area contributed by atoms with Crippen molar-refractivity contribution in [1.29, 1.82) is 0 Å². The van der Waals surface area contributed by atoms with E-state index < -0.39 is 5.91 Å². The third kappa shape index (κ3) is 4.02. The molecule has 0 fully saturated rings. The minimum Gasteiger partial charge on any atom is -0.508 e. The first kappa shape index (κ1) is 21.1. The third-order valence-corrected chi connectivity index (χ3v) is 5.32. The molecule has 168 valence electrons. The number of hydrogen-bond donors (Lipinski definition) is 3. The summed E-state index contributed by atoms with van der Waals surface area (Å²) < 4.78 is 5.44. The Balaban J connectivity index is 1.55. The third-order valence-electron chi connectivity index (χ3n) is 5.32. The molecule has 5 aromatic rings. The molecule has 0 radical (unpaired) electrons. The van der Waals surface area contributed by atoms with Crippen LogP contribution in [-0.4, -0.2) is 30.9 Å². The van der Waals surface area contributed by atoms with E-state index in [0.717, 1.165) is 16.5 Å². The molecule has 1 amide bonds. The number of nitrogens with zero attached hydrogens (tertiary/aromatic N) is 4. The van der Waals surface area contributed by atoms with Crippen LogP contribution in [0.15, 0.2) is 71.6 Å². The second kappa shape index (κ2) is 8.62. The first-order valence-corrected chi connectivity index (χ1v) is 10.5. The van der Waals surface area contributed by atoms with Gasteiger partial charge in [-0.05, 0) is 31.2 Å². The zero-order valence-corrected chi connectivity index (χ0v) is 18.2. The number of pyridine rings is 1. The van der Waals surface area contributed by atoms with Gasteiger partial charge in [-0.2, -0.15) is 0 Å². The molecule has 34 heavy (non-hydrogen) atoms. The van der Waals surface area contributed by atoms with Crippen LogP contribution in [0.4, 0.5) is 5.82 Å². The largest absolute Gasteiger partial charge is 0.508 e. The van der Waals surface area contributed by atoms with Crippen LogP contribution in [0.5, 0.6) is 5.75 Å². The molecule has 9 nitrogen and oxygen atoms in total. The van der Waals surface area contributed by atoms with Crippen LogP contribution in [-0.2, 0) is 6.54 Å². The Bertz CT molecular complexity index is 1520. The normalized spacial score (nSPS) is 11.0. The first-order valence-electron chi connectivity index (χ1n) is 10.5. The number of nitrogen functional groups attached to an aromatic ring is 1. The van der Waals surface area contributed by atoms with E-state index in [2.05, 4.69) is 25.3 Å². The highest BCUT2D eigenvalue weighted by atomic mass is 16.3. The monoisotopic (exact) mass is 452 g/mol. The lowest BCUT2D eigenvalue weighted by molar-refractivity contribution is 0.0946. The predicted octanol–water partition coefficient (Wildman–Crippen LogP) is 3.87. The maximum Gasteiger partial charge on any atom is 0.274 e. The van der Waals surface area contributed by atoms with Crippen molar-refractivity contribution >= 4 is 22.6 Å². The molecule has 3 aromatic heterocycles. The van der Waals surface area contributed by atoms with E-state index in [4.69, 9.17) is 10.2 Å². The van der Waals surface area contributed by atoms with Crippen molar-refractivity contribution in [3.05, 3.63) is 84.0 Å². The van der Waals surface area contributed by atoms with E-state index in [1.165, 1.54) is 12.5 Å². The van der Waals surface area contributed by atoms with Crippen LogP contribution >= 0.6 is 0 Å². The van der Waals surface area contributed by atoms with Gasteiger partial charge in [0.2, 0.25) is 5.89 Å². The number of anilines is 1. The second-order valence-corrected chi connectivity index (χ2v) is 7.72. The molecule has 0 aliphatic rings. The number of phenols is 1. The summed E-state index contributed by atoms with van der Waals surface area (Å²) in [4.78, 5) is 30.5. The number of nitrogens with one attached hydrogen (secondary N) is 1. The Morgan fingerprint density at radius 3 is 2.76 bits per heavy atom. The minimum atomic E-state index is -0.520. The maximum absolute atomic E-state index is 13.0. The minimum absolute atomic E-state index is 0.0382. The smallest absolute Gasteiger partial charge is 0.274 e. The number of aromatic nitrogens is 4. The van der Waals surface area contributed by atoms with Gasteiger partial charge in [-0.15, -0.1) is 0 Å². The first-order chi connectivity index (χ1) is 16.5. The summed E-state index contributed by atoms with van der Waals surface area (Å²) in [6.07, 6.45) is 4.64. The fraction of sp³-hybridized carbons (Fsp3) is 0.0800. The number of benzene rings is 2. The number of nitrogens with two attached hydrogens (primary N) is 1. The molecular weight excluding hydrogens is 432 g/mol. The van der Waals surface area contributed by atoms with Crippen molar-refractivity contribution in [3.8, 4) is 28.6 Å². The molecule has 3 heterocycles. The van der Waals surface area contributed by atoms with Crippen molar-refractivity contribution in [1.82, 2.24) is 25.3 Å². The van der Waals surface area contributed by atoms with Crippen molar-refractivity contribution < 1.29 is 14.3 Å². The van der Waals surface area contributed by atoms with Gasteiger partial charge in [-0.1, -0.05) is 29.8 Å². The molecule has 9 heteroatoms. The number of hydrogen-bond acceptors (Lipinski definition) is 8. The van der Waals surface area contributed by atoms with Gasteiger partial charge in [-0.25, -0.2) is 15.0 Å². The lowest BCUT2D eigenvalue weighted by Gasteiger charge is -2.12. The van der Waals surface area contributed by atoms with E-state index in [-0.39, 0.29) is 29.7 Å². The lowest BCUT2D eigenvalue weighted by Crippen LogP contribution is -2.26. The summed E-state index contributed by atoms with van der Waals surface area (Å²) in [5, 5.41) is 13.7. The highest BCUT2D eigenvalue weighted by Gasteiger charge is 2.22. The lowest BCUT2D eigenvalue weighted by atomic mass is 10.1. The van der Waals surface area contributed by atoms with Gasteiger partial charge in [0, 0.05) is 29.3 Å². The summed E-state index contributed by atoms with van der Waals surface area (Å²) in [5.41, 5.74) is 9.87. The average Bonchev–Trinajstić information content (AvgIpc) is 3.39. The van der Waals surface area contributed by atoms with Gasteiger partial charge in [0.25, 0.3) is 5.91 Å². The van der Waals surface area contributed by atoms with Crippen molar-refractivity contribution in [3.63, 3.8) is 0 Å². The van der Waals surface area contributed by atoms with Gasteiger partial charge in [0.05, 0.1) is 11.7 Å². The summed E-state index contributed by atoms with van der Waals surface area (Å²) >= 11 is 0. The van der Waals surface area contributed by atoms with Gasteiger partial charge < -0.3 is 20.6 Å². The van der Waals surface area contributed by atoms with Gasteiger partial charge in [-0.3, -0.25) is 9.78 Å². The van der Waals surface area contributed by atoms with E-state index >= 15 is 0 Å². The number of rotatable bonds is 5. The van der Waals surface area contributed by atoms with Crippen molar-refractivity contribution in [2.45, 2.75) is 13.5 Å². The Labute approximate surface area is 194 Å². The summed E-state index contributed by atoms with van der Waals surface area (Å²) in [6.45, 7) is 2.01. The molecule has 0 aliphatic carbocycles. The molecule has 5 rings (SSSR count). The van der Waals surface area contributed by atoms with Crippen molar-refractivity contribution in [2.75, 3.05) is 5.73 Å². The number of oxazole rings is 1. The number of aromatic hydroxyl groups is 1. The number of phenolic OH excluding ortho intramolecular Hbond substituents is 1. The Hall–Kier alpha value is -4.79. The molecule has 0 spiro atoms. The van der Waals surface area contributed by atoms with E-state index in [0.29, 0.717) is 22.5 Å². The standard InChI is InChI=1S/C25H20N6O3/c1-14-4-7-19(32)17(11-14)13-29-24(33)22-23(26)31-21(25-28-9-10-34-25)20(30-22)16-5-6-18-15(12-16)3-2-8-27-18/h2-12,32H,13H2,1H3,(H2,26,31)(H,29,33). The second-order valence-electron chi connectivity index (χ2n) is 7.72. The van der Waals surface area contributed by atoms with Crippen molar-refractivity contribution in [2.24, 2.45) is 0 Å². The molecule has 0 saturated carbocycles. The van der Waals surface area contributed by atoms with Crippen LogP contribution in [0.1, 0.15) is 21.6 Å². The molecule has 2 aromatic carbocycles. The number of carbonyl (C=O) groups excluding carboxylic acids is 1. The van der Waals surface area contributed by atoms with Gasteiger partial charge in [0.1, 0.15) is 17.7 Å². The molecule has 0 aliphatic heterocycles. The number of fused-ring (bicyclic) bond motifs is 1. The number of carbonyl (C=O) groups is 1. The van der Waals surface area contributed by atoms with Crippen LogP contribution in [0.3, 0.4) is 0 Å². The Kier molecular flexibility index (Phi) is 5.35. The predicted molar refractivity (Wildman–Crippen MR) is 127 cm³/mol. The fourth-order valence-electron chi connectivity index (χ4n) is 3.64. The molecule has 0 atom stereocenters. The Morgan fingerprint density at radius 1 is 1.06 bits per heavy atom. The Morgan fingerprint density at radius 2 is 1.94 bits per heavy atom. The van der Waals surface area contributed by atoms with Crippen LogP contribution in [0.2, 0.25) is 0 Å². The number of amides is 1. The van der Waals surface area contributed by atoms with E-state index in [9.17, 15) is 9.90 Å². The maximum atomic E-state index is 13.0. The summed E-state index contributed by atoms with van der Waals surface area (Å²) in [7, 11) is 0. The van der Waals surface area contributed by atoms with E-state index in [1.807, 2.05) is 37.3 Å². The van der Waals surface area contributed by atoms with Crippen LogP contribution in [0.25, 0.3) is 33.7 Å². The quantitative estimate of drug-likeness (QED) is 0.365. The summed E-state index contributed by atoms with van der Waals surface area (Å²) in [6, 6.07) is 14.6. The van der Waals surface area contributed by atoms with Gasteiger partial charge in [0.15, 0.2) is 17.2 Å². The van der Waals surface area contributed by atoms with E-state index in [1.54, 1.807) is 24.4 Å². The molecule has 0 unspecified atom stereocenters. The number of aryl methyl sites for hydroxylation is 1. The average molecular weight is 452 g/mol. The highest BCUT2D eigenvalue weighted by Crippen LogP contribution is 2.31. The highest BCUT2D eigenvalue weighted by molar-refractivity contribution is 5.98. The zero-order chi connectivity index (χ0) is 23.7. The molecule has 0 saturated heterocycles. The van der Waals surface area contributed by atoms with Crippen LogP contribution < -0.4 is 11.1 Å². The molecular formula is C25H20N6O3. The fourth-order valence-corrected chi connectivity index (χ4v) is 3.64. The molecule has 4 N–H and O–H groups in total. The van der Waals surface area contributed by atoms with Gasteiger partial charge >= 0.3 is 0 Å².